The highest BCUT2D eigenvalue weighted by Gasteiger charge is 2.19. The number of likely N-dealkylation sites (tertiary alicyclic amines) is 1. The van der Waals surface area contributed by atoms with E-state index >= 15 is 0 Å². The van der Waals surface area contributed by atoms with E-state index in [1.807, 2.05) is 0 Å². The number of carboxylic acid groups (broad SMARTS) is 1. The van der Waals surface area contributed by atoms with E-state index in [1.54, 1.807) is 29.2 Å². The quantitative estimate of drug-likeness (QED) is 0.866. The first-order chi connectivity index (χ1) is 10.6. The van der Waals surface area contributed by atoms with Crippen LogP contribution in [0.5, 0.6) is 0 Å². The van der Waals surface area contributed by atoms with Crippen LogP contribution in [0.25, 0.3) is 0 Å². The van der Waals surface area contributed by atoms with Crippen molar-refractivity contribution in [2.45, 2.75) is 32.1 Å². The van der Waals surface area contributed by atoms with Crippen LogP contribution in [0.1, 0.15) is 31.2 Å². The van der Waals surface area contributed by atoms with Crippen LogP contribution in [0.2, 0.25) is 0 Å². The average molecular weight is 304 g/mol. The Labute approximate surface area is 129 Å². The number of carbonyl (C=O) groups excluding carboxylic acids is 2. The van der Waals surface area contributed by atoms with E-state index < -0.39 is 5.97 Å². The molecule has 6 nitrogen and oxygen atoms in total. The first kappa shape index (κ1) is 16.0. The number of nitrogens with zero attached hydrogens (tertiary/aromatic N) is 1. The number of aliphatic carboxylic acids is 1. The molecule has 6 heteroatoms. The van der Waals surface area contributed by atoms with Crippen molar-refractivity contribution < 1.29 is 19.5 Å². The monoisotopic (exact) mass is 304 g/mol. The standard InChI is InChI=1S/C16H20N2O4/c19-14(11-18-9-5-1-2-8-15(18)20)17-13-7-4-3-6-12(13)10-16(21)22/h3-4,6-7H,1-2,5,8-11H2,(H,17,19)(H,21,22). The zero-order valence-corrected chi connectivity index (χ0v) is 12.4. The maximum absolute atomic E-state index is 12.1. The van der Waals surface area contributed by atoms with E-state index in [0.717, 1.165) is 19.3 Å². The lowest BCUT2D eigenvalue weighted by Gasteiger charge is -2.20. The third-order valence-corrected chi connectivity index (χ3v) is 3.64. The summed E-state index contributed by atoms with van der Waals surface area (Å²) in [5.41, 5.74) is 1.03. The summed E-state index contributed by atoms with van der Waals surface area (Å²) in [4.78, 5) is 36.4. The van der Waals surface area contributed by atoms with Crippen LogP contribution >= 0.6 is 0 Å². The number of hydrogen-bond acceptors (Lipinski definition) is 3. The van der Waals surface area contributed by atoms with E-state index in [2.05, 4.69) is 5.32 Å². The molecule has 1 aliphatic heterocycles. The molecular weight excluding hydrogens is 284 g/mol. The van der Waals surface area contributed by atoms with E-state index in [0.29, 0.717) is 24.2 Å². The molecule has 2 amide bonds. The number of anilines is 1. The van der Waals surface area contributed by atoms with Crippen molar-refractivity contribution in [1.82, 2.24) is 4.90 Å². The molecule has 1 aromatic rings. The Balaban J connectivity index is 1.99. The van der Waals surface area contributed by atoms with Crippen molar-refractivity contribution in [2.75, 3.05) is 18.4 Å². The lowest BCUT2D eigenvalue weighted by atomic mass is 10.1. The number of para-hydroxylation sites is 1. The molecule has 0 saturated carbocycles. The fourth-order valence-electron chi connectivity index (χ4n) is 2.53. The number of rotatable bonds is 5. The molecular formula is C16H20N2O4. The largest absolute Gasteiger partial charge is 0.481 e. The highest BCUT2D eigenvalue weighted by atomic mass is 16.4. The lowest BCUT2D eigenvalue weighted by Crippen LogP contribution is -2.37. The highest BCUT2D eigenvalue weighted by Crippen LogP contribution is 2.16. The van der Waals surface area contributed by atoms with Crippen molar-refractivity contribution >= 4 is 23.5 Å². The second-order valence-electron chi connectivity index (χ2n) is 5.40. The normalized spacial score (nSPS) is 15.3. The van der Waals surface area contributed by atoms with Gasteiger partial charge in [0.15, 0.2) is 0 Å². The summed E-state index contributed by atoms with van der Waals surface area (Å²) in [5.74, 6) is -1.25. The Morgan fingerprint density at radius 2 is 1.95 bits per heavy atom. The molecule has 0 aromatic heterocycles. The maximum Gasteiger partial charge on any atom is 0.307 e. The Kier molecular flexibility index (Phi) is 5.52. The summed E-state index contributed by atoms with van der Waals surface area (Å²) < 4.78 is 0. The molecule has 0 radical (unpaired) electrons. The maximum atomic E-state index is 12.1. The first-order valence-electron chi connectivity index (χ1n) is 7.43. The SMILES string of the molecule is O=C(O)Cc1ccccc1NC(=O)CN1CCCCCC1=O. The molecule has 118 valence electrons. The zero-order chi connectivity index (χ0) is 15.9. The highest BCUT2D eigenvalue weighted by molar-refractivity contribution is 5.95. The topological polar surface area (TPSA) is 86.7 Å². The van der Waals surface area contributed by atoms with Gasteiger partial charge in [0, 0.05) is 18.7 Å². The van der Waals surface area contributed by atoms with Crippen LogP contribution < -0.4 is 5.32 Å². The summed E-state index contributed by atoms with van der Waals surface area (Å²) in [6.45, 7) is 0.614. The summed E-state index contributed by atoms with van der Waals surface area (Å²) in [6, 6.07) is 6.80. The van der Waals surface area contributed by atoms with Crippen molar-refractivity contribution in [3.8, 4) is 0 Å². The molecule has 2 N–H and O–H groups in total. The van der Waals surface area contributed by atoms with Crippen molar-refractivity contribution in [3.05, 3.63) is 29.8 Å². The van der Waals surface area contributed by atoms with Gasteiger partial charge in [-0.3, -0.25) is 14.4 Å². The van der Waals surface area contributed by atoms with Crippen LogP contribution in [0.15, 0.2) is 24.3 Å². The van der Waals surface area contributed by atoms with Gasteiger partial charge >= 0.3 is 5.97 Å². The molecule has 1 saturated heterocycles. The van der Waals surface area contributed by atoms with Gasteiger partial charge in [-0.1, -0.05) is 24.6 Å². The summed E-state index contributed by atoms with van der Waals surface area (Å²) in [5, 5.41) is 11.6. The van der Waals surface area contributed by atoms with Crippen molar-refractivity contribution in [1.29, 1.82) is 0 Å². The van der Waals surface area contributed by atoms with Gasteiger partial charge in [0.25, 0.3) is 0 Å². The van der Waals surface area contributed by atoms with Crippen molar-refractivity contribution in [2.24, 2.45) is 0 Å². The minimum Gasteiger partial charge on any atom is -0.481 e. The molecule has 0 aliphatic carbocycles. The van der Waals surface area contributed by atoms with Gasteiger partial charge in [-0.2, -0.15) is 0 Å². The smallest absolute Gasteiger partial charge is 0.307 e. The molecule has 2 rings (SSSR count). The first-order valence-corrected chi connectivity index (χ1v) is 7.43. The van der Waals surface area contributed by atoms with Gasteiger partial charge in [-0.05, 0) is 24.5 Å². The fraction of sp³-hybridized carbons (Fsp3) is 0.438. The second-order valence-corrected chi connectivity index (χ2v) is 5.40. The van der Waals surface area contributed by atoms with Crippen LogP contribution in [0.4, 0.5) is 5.69 Å². The molecule has 0 bridgehead atoms. The number of benzene rings is 1. The summed E-state index contributed by atoms with van der Waals surface area (Å²) in [6.07, 6.45) is 3.13. The van der Waals surface area contributed by atoms with Gasteiger partial charge in [0.1, 0.15) is 0 Å². The van der Waals surface area contributed by atoms with Crippen LogP contribution in [0, 0.1) is 0 Å². The van der Waals surface area contributed by atoms with E-state index in [4.69, 9.17) is 5.11 Å². The Morgan fingerprint density at radius 3 is 2.73 bits per heavy atom. The third-order valence-electron chi connectivity index (χ3n) is 3.64. The predicted octanol–water partition coefficient (Wildman–Crippen LogP) is 1.65. The lowest BCUT2D eigenvalue weighted by molar-refractivity contribution is -0.136. The zero-order valence-electron chi connectivity index (χ0n) is 12.4. The van der Waals surface area contributed by atoms with E-state index in [1.165, 1.54) is 0 Å². The third kappa shape index (κ3) is 4.58. The number of carboxylic acids is 1. The molecule has 0 spiro atoms. The van der Waals surface area contributed by atoms with Gasteiger partial charge < -0.3 is 15.3 Å². The number of carbonyl (C=O) groups is 3. The average Bonchev–Trinajstić information content (AvgIpc) is 2.66. The van der Waals surface area contributed by atoms with Crippen LogP contribution in [0.3, 0.4) is 0 Å². The minimum atomic E-state index is -0.954. The van der Waals surface area contributed by atoms with Crippen LogP contribution in [-0.2, 0) is 20.8 Å². The summed E-state index contributed by atoms with van der Waals surface area (Å²) >= 11 is 0. The Morgan fingerprint density at radius 1 is 1.18 bits per heavy atom. The second kappa shape index (κ2) is 7.59. The van der Waals surface area contributed by atoms with E-state index in [9.17, 15) is 14.4 Å². The van der Waals surface area contributed by atoms with Gasteiger partial charge in [0.05, 0.1) is 13.0 Å². The Bertz CT molecular complexity index is 571. The van der Waals surface area contributed by atoms with Gasteiger partial charge in [-0.15, -0.1) is 0 Å². The van der Waals surface area contributed by atoms with Gasteiger partial charge in [-0.25, -0.2) is 0 Å². The number of amides is 2. The van der Waals surface area contributed by atoms with Crippen LogP contribution in [-0.4, -0.2) is 40.9 Å². The molecule has 22 heavy (non-hydrogen) atoms. The number of nitrogens with one attached hydrogen (secondary N) is 1. The molecule has 1 fully saturated rings. The molecule has 1 aromatic carbocycles. The molecule has 0 unspecified atom stereocenters. The molecule has 0 atom stereocenters. The predicted molar refractivity (Wildman–Crippen MR) is 81.5 cm³/mol. The molecule has 1 heterocycles. The molecule has 1 aliphatic rings. The van der Waals surface area contributed by atoms with Gasteiger partial charge in [0.2, 0.25) is 11.8 Å². The fourth-order valence-corrected chi connectivity index (χ4v) is 2.53. The Hall–Kier alpha value is -2.37. The summed E-state index contributed by atoms with van der Waals surface area (Å²) in [7, 11) is 0. The minimum absolute atomic E-state index is 0.00599. The number of hydrogen-bond donors (Lipinski definition) is 2. The van der Waals surface area contributed by atoms with Crippen molar-refractivity contribution in [3.63, 3.8) is 0 Å². The van der Waals surface area contributed by atoms with E-state index in [-0.39, 0.29) is 24.8 Å².